The van der Waals surface area contributed by atoms with Gasteiger partial charge in [-0.2, -0.15) is 0 Å². The van der Waals surface area contributed by atoms with Gasteiger partial charge in [-0.05, 0) is 51.4 Å². The Bertz CT molecular complexity index is 714. The molecule has 0 spiro atoms. The lowest BCUT2D eigenvalue weighted by atomic mass is 9.70. The summed E-state index contributed by atoms with van der Waals surface area (Å²) in [7, 11) is 0. The molecule has 156 valence electrons. The Morgan fingerprint density at radius 1 is 1.11 bits per heavy atom. The number of hydrogen-bond acceptors (Lipinski definition) is 4. The molecule has 28 heavy (non-hydrogen) atoms. The zero-order valence-corrected chi connectivity index (χ0v) is 17.8. The summed E-state index contributed by atoms with van der Waals surface area (Å²) in [5, 5.41) is 12.7. The number of rotatable bonds is 3. The molecule has 3 fully saturated rings. The first-order valence-electron chi connectivity index (χ1n) is 11.2. The van der Waals surface area contributed by atoms with Crippen LogP contribution in [0, 0.1) is 5.41 Å². The van der Waals surface area contributed by atoms with Crippen LogP contribution in [-0.2, 0) is 17.8 Å². The van der Waals surface area contributed by atoms with Crippen LogP contribution in [0.25, 0.3) is 0 Å². The molecule has 4 aliphatic heterocycles. The van der Waals surface area contributed by atoms with Crippen LogP contribution in [0.1, 0.15) is 82.3 Å². The number of fused-ring (bicyclic) bond motifs is 3. The first kappa shape index (κ1) is 20.1. The molecule has 4 aliphatic rings. The van der Waals surface area contributed by atoms with E-state index in [1.807, 2.05) is 0 Å². The fourth-order valence-corrected chi connectivity index (χ4v) is 6.24. The summed E-state index contributed by atoms with van der Waals surface area (Å²) in [6.45, 7) is 5.04. The van der Waals surface area contributed by atoms with Crippen molar-refractivity contribution in [3.05, 3.63) is 11.6 Å². The third-order valence-corrected chi connectivity index (χ3v) is 7.86. The highest BCUT2D eigenvalue weighted by molar-refractivity contribution is 5.85. The molecule has 5 rings (SSSR count). The Kier molecular flexibility index (Phi) is 5.71. The summed E-state index contributed by atoms with van der Waals surface area (Å²) >= 11 is 0. The van der Waals surface area contributed by atoms with Crippen molar-refractivity contribution in [1.82, 2.24) is 25.0 Å². The van der Waals surface area contributed by atoms with Crippen molar-refractivity contribution in [2.45, 2.75) is 95.7 Å². The molecule has 1 aromatic heterocycles. The highest BCUT2D eigenvalue weighted by Gasteiger charge is 2.55. The van der Waals surface area contributed by atoms with E-state index in [9.17, 15) is 4.79 Å². The topological polar surface area (TPSA) is 63.1 Å². The third kappa shape index (κ3) is 3.17. The quantitative estimate of drug-likeness (QED) is 0.836. The SMILES string of the molecule is CC[C@@]1(C(=O)N2CCC(c3nnc4n3CCCCC4)CC2)C[C@@H]2CC[C@H]1N2.Cl. The summed E-state index contributed by atoms with van der Waals surface area (Å²) in [6.07, 6.45) is 11.3. The minimum Gasteiger partial charge on any atom is -0.342 e. The minimum absolute atomic E-state index is 0. The fraction of sp³-hybridized carbons (Fsp3) is 0.857. The van der Waals surface area contributed by atoms with Crippen LogP contribution in [0.5, 0.6) is 0 Å². The molecule has 5 heterocycles. The van der Waals surface area contributed by atoms with E-state index in [0.29, 0.717) is 23.9 Å². The van der Waals surface area contributed by atoms with Gasteiger partial charge in [-0.25, -0.2) is 0 Å². The minimum atomic E-state index is -0.137. The van der Waals surface area contributed by atoms with Gasteiger partial charge < -0.3 is 14.8 Å². The van der Waals surface area contributed by atoms with Crippen LogP contribution >= 0.6 is 12.4 Å². The molecule has 1 amide bonds. The van der Waals surface area contributed by atoms with Gasteiger partial charge >= 0.3 is 0 Å². The van der Waals surface area contributed by atoms with Gasteiger partial charge in [0.2, 0.25) is 5.91 Å². The molecule has 1 N–H and O–H groups in total. The average molecular weight is 408 g/mol. The van der Waals surface area contributed by atoms with Gasteiger partial charge in [-0.15, -0.1) is 22.6 Å². The van der Waals surface area contributed by atoms with E-state index in [-0.39, 0.29) is 17.8 Å². The maximum absolute atomic E-state index is 13.5. The number of likely N-dealkylation sites (tertiary alicyclic amines) is 1. The maximum Gasteiger partial charge on any atom is 0.230 e. The first-order valence-corrected chi connectivity index (χ1v) is 11.2. The predicted octanol–water partition coefficient (Wildman–Crippen LogP) is 3.05. The standard InChI is InChI=1S/C21H33N5O.ClH/c1-2-21(14-16-7-8-17(21)22-16)20(27)25-12-9-15(10-13-25)19-24-23-18-6-4-3-5-11-26(18)19;/h15-17,22H,2-14H2,1H3;1H/t16-,17+,21+;/m0./s1. The number of nitrogens with zero attached hydrogens (tertiary/aromatic N) is 4. The number of aryl methyl sites for hydroxylation is 1. The zero-order chi connectivity index (χ0) is 18.4. The van der Waals surface area contributed by atoms with E-state index >= 15 is 0 Å². The van der Waals surface area contributed by atoms with E-state index in [1.54, 1.807) is 0 Å². The van der Waals surface area contributed by atoms with Crippen LogP contribution in [0.3, 0.4) is 0 Å². The Morgan fingerprint density at radius 2 is 1.93 bits per heavy atom. The second-order valence-electron chi connectivity index (χ2n) is 9.21. The molecule has 3 saturated heterocycles. The highest BCUT2D eigenvalue weighted by atomic mass is 35.5. The Labute approximate surface area is 174 Å². The number of amides is 1. The molecular weight excluding hydrogens is 374 g/mol. The second kappa shape index (κ2) is 7.94. The molecule has 0 aliphatic carbocycles. The van der Waals surface area contributed by atoms with E-state index in [0.717, 1.165) is 51.7 Å². The van der Waals surface area contributed by atoms with Crippen molar-refractivity contribution in [3.63, 3.8) is 0 Å². The number of carbonyl (C=O) groups excluding carboxylic acids is 1. The van der Waals surface area contributed by atoms with Crippen LogP contribution in [0.15, 0.2) is 0 Å². The molecule has 0 saturated carbocycles. The highest BCUT2D eigenvalue weighted by Crippen LogP contribution is 2.47. The number of piperidine rings is 1. The van der Waals surface area contributed by atoms with Gasteiger partial charge in [-0.1, -0.05) is 13.3 Å². The van der Waals surface area contributed by atoms with Crippen molar-refractivity contribution < 1.29 is 4.79 Å². The lowest BCUT2D eigenvalue weighted by molar-refractivity contribution is -0.145. The lowest BCUT2D eigenvalue weighted by Gasteiger charge is -2.41. The number of aromatic nitrogens is 3. The Morgan fingerprint density at radius 3 is 2.61 bits per heavy atom. The molecule has 0 radical (unpaired) electrons. The smallest absolute Gasteiger partial charge is 0.230 e. The maximum atomic E-state index is 13.5. The monoisotopic (exact) mass is 407 g/mol. The van der Waals surface area contributed by atoms with Gasteiger partial charge in [0.1, 0.15) is 11.6 Å². The van der Waals surface area contributed by atoms with Gasteiger partial charge in [0.15, 0.2) is 0 Å². The molecule has 1 aromatic rings. The molecule has 6 nitrogen and oxygen atoms in total. The van der Waals surface area contributed by atoms with E-state index in [2.05, 4.69) is 31.9 Å². The molecule has 7 heteroatoms. The molecule has 0 unspecified atom stereocenters. The van der Waals surface area contributed by atoms with E-state index < -0.39 is 0 Å². The van der Waals surface area contributed by atoms with Gasteiger partial charge in [0.25, 0.3) is 0 Å². The number of nitrogens with one attached hydrogen (secondary N) is 1. The van der Waals surface area contributed by atoms with Crippen LogP contribution in [0.4, 0.5) is 0 Å². The van der Waals surface area contributed by atoms with E-state index in [1.165, 1.54) is 43.8 Å². The average Bonchev–Trinajstić information content (AvgIpc) is 3.39. The van der Waals surface area contributed by atoms with Gasteiger partial charge in [-0.3, -0.25) is 4.79 Å². The largest absolute Gasteiger partial charge is 0.342 e. The van der Waals surface area contributed by atoms with Gasteiger partial charge in [0.05, 0.1) is 5.41 Å². The first-order chi connectivity index (χ1) is 13.2. The summed E-state index contributed by atoms with van der Waals surface area (Å²) in [5.41, 5.74) is -0.137. The normalized spacial score (nSPS) is 32.7. The molecule has 0 aromatic carbocycles. The molecule has 3 atom stereocenters. The fourth-order valence-electron chi connectivity index (χ4n) is 6.24. The summed E-state index contributed by atoms with van der Waals surface area (Å²) < 4.78 is 2.39. The summed E-state index contributed by atoms with van der Waals surface area (Å²) in [4.78, 5) is 15.6. The molecular formula is C21H34ClN5O. The number of carbonyl (C=O) groups is 1. The Balaban J connectivity index is 0.00000192. The summed E-state index contributed by atoms with van der Waals surface area (Å²) in [5.74, 6) is 3.25. The Hall–Kier alpha value is -1.14. The second-order valence-corrected chi connectivity index (χ2v) is 9.21. The lowest BCUT2D eigenvalue weighted by Crippen LogP contribution is -2.52. The van der Waals surface area contributed by atoms with Crippen molar-refractivity contribution in [2.24, 2.45) is 5.41 Å². The van der Waals surface area contributed by atoms with E-state index in [4.69, 9.17) is 0 Å². The molecule has 2 bridgehead atoms. The predicted molar refractivity (Wildman–Crippen MR) is 111 cm³/mol. The number of halogens is 1. The zero-order valence-electron chi connectivity index (χ0n) is 17.0. The van der Waals surface area contributed by atoms with Crippen molar-refractivity contribution >= 4 is 18.3 Å². The van der Waals surface area contributed by atoms with Gasteiger partial charge in [0, 0.05) is 44.1 Å². The van der Waals surface area contributed by atoms with Crippen LogP contribution in [0.2, 0.25) is 0 Å². The van der Waals surface area contributed by atoms with Crippen molar-refractivity contribution in [1.29, 1.82) is 0 Å². The number of hydrogen-bond donors (Lipinski definition) is 1. The van der Waals surface area contributed by atoms with Crippen LogP contribution in [-0.4, -0.2) is 50.7 Å². The van der Waals surface area contributed by atoms with Crippen molar-refractivity contribution in [2.75, 3.05) is 13.1 Å². The summed E-state index contributed by atoms with van der Waals surface area (Å²) in [6, 6.07) is 0.980. The third-order valence-electron chi connectivity index (χ3n) is 7.86. The van der Waals surface area contributed by atoms with Crippen molar-refractivity contribution in [3.8, 4) is 0 Å². The van der Waals surface area contributed by atoms with Crippen LogP contribution < -0.4 is 5.32 Å².